The average molecular weight is 301 g/mol. The van der Waals surface area contributed by atoms with Gasteiger partial charge in [-0.05, 0) is 41.5 Å². The molecule has 0 bridgehead atoms. The zero-order chi connectivity index (χ0) is 15.8. The Morgan fingerprint density at radius 3 is 2.17 bits per heavy atom. The van der Waals surface area contributed by atoms with Crippen molar-refractivity contribution in [1.82, 2.24) is 0 Å². The van der Waals surface area contributed by atoms with Gasteiger partial charge in [-0.3, -0.25) is 9.69 Å². The summed E-state index contributed by atoms with van der Waals surface area (Å²) in [6, 6.07) is 24.4. The van der Waals surface area contributed by atoms with Gasteiger partial charge in [-0.1, -0.05) is 48.5 Å². The van der Waals surface area contributed by atoms with Crippen molar-refractivity contribution in [3.05, 3.63) is 90.0 Å². The molecule has 4 rings (SSSR count). The molecule has 1 heterocycles. The van der Waals surface area contributed by atoms with Crippen LogP contribution in [-0.4, -0.2) is 11.0 Å². The highest BCUT2D eigenvalue weighted by atomic mass is 16.3. The lowest BCUT2D eigenvalue weighted by Crippen LogP contribution is -2.24. The van der Waals surface area contributed by atoms with E-state index in [0.717, 1.165) is 22.5 Å². The summed E-state index contributed by atoms with van der Waals surface area (Å²) < 4.78 is 0. The van der Waals surface area contributed by atoms with E-state index in [1.165, 1.54) is 0 Å². The van der Waals surface area contributed by atoms with Crippen LogP contribution in [0.5, 0.6) is 5.75 Å². The van der Waals surface area contributed by atoms with Gasteiger partial charge in [0.2, 0.25) is 5.91 Å². The molecule has 1 N–H and O–H groups in total. The first-order valence-electron chi connectivity index (χ1n) is 7.52. The molecule has 3 aromatic carbocycles. The van der Waals surface area contributed by atoms with Crippen LogP contribution in [0.25, 0.3) is 0 Å². The summed E-state index contributed by atoms with van der Waals surface area (Å²) in [5, 5.41) is 9.50. The van der Waals surface area contributed by atoms with Gasteiger partial charge in [-0.25, -0.2) is 0 Å². The van der Waals surface area contributed by atoms with Crippen molar-refractivity contribution in [1.29, 1.82) is 0 Å². The number of nitrogens with zero attached hydrogens (tertiary/aromatic N) is 1. The van der Waals surface area contributed by atoms with Gasteiger partial charge in [-0.2, -0.15) is 0 Å². The Labute approximate surface area is 134 Å². The number of fused-ring (bicyclic) bond motifs is 1. The van der Waals surface area contributed by atoms with E-state index in [-0.39, 0.29) is 17.6 Å². The highest BCUT2D eigenvalue weighted by Gasteiger charge is 2.38. The van der Waals surface area contributed by atoms with Crippen molar-refractivity contribution in [2.45, 2.75) is 5.92 Å². The van der Waals surface area contributed by atoms with Crippen molar-refractivity contribution in [2.75, 3.05) is 4.90 Å². The predicted molar refractivity (Wildman–Crippen MR) is 90.0 cm³/mol. The molecule has 23 heavy (non-hydrogen) atoms. The van der Waals surface area contributed by atoms with Crippen molar-refractivity contribution in [3.63, 3.8) is 0 Å². The first kappa shape index (κ1) is 13.6. The van der Waals surface area contributed by atoms with E-state index >= 15 is 0 Å². The van der Waals surface area contributed by atoms with Crippen LogP contribution < -0.4 is 4.90 Å². The van der Waals surface area contributed by atoms with Crippen LogP contribution in [-0.2, 0) is 4.79 Å². The number of carbonyl (C=O) groups excluding carboxylic acids is 1. The summed E-state index contributed by atoms with van der Waals surface area (Å²) in [4.78, 5) is 14.9. The molecule has 0 spiro atoms. The molecule has 1 atom stereocenters. The Morgan fingerprint density at radius 2 is 1.43 bits per heavy atom. The monoisotopic (exact) mass is 301 g/mol. The van der Waals surface area contributed by atoms with Crippen LogP contribution >= 0.6 is 0 Å². The summed E-state index contributed by atoms with van der Waals surface area (Å²) in [7, 11) is 0. The van der Waals surface area contributed by atoms with Gasteiger partial charge in [0.25, 0.3) is 0 Å². The van der Waals surface area contributed by atoms with Gasteiger partial charge >= 0.3 is 0 Å². The summed E-state index contributed by atoms with van der Waals surface area (Å²) in [5.74, 6) is -0.109. The predicted octanol–water partition coefficient (Wildman–Crippen LogP) is 4.20. The Kier molecular flexibility index (Phi) is 3.12. The van der Waals surface area contributed by atoms with Gasteiger partial charge < -0.3 is 5.11 Å². The number of amides is 1. The van der Waals surface area contributed by atoms with Crippen molar-refractivity contribution >= 4 is 17.3 Å². The first-order valence-corrected chi connectivity index (χ1v) is 7.52. The molecule has 3 aromatic rings. The smallest absolute Gasteiger partial charge is 0.243 e. The van der Waals surface area contributed by atoms with Crippen molar-refractivity contribution in [3.8, 4) is 5.75 Å². The van der Waals surface area contributed by atoms with E-state index in [9.17, 15) is 9.90 Å². The number of rotatable bonds is 2. The van der Waals surface area contributed by atoms with E-state index in [1.807, 2.05) is 66.7 Å². The lowest BCUT2D eigenvalue weighted by molar-refractivity contribution is -0.117. The van der Waals surface area contributed by atoms with E-state index in [1.54, 1.807) is 17.0 Å². The molecule has 0 radical (unpaired) electrons. The molecular formula is C20H15NO2. The lowest BCUT2D eigenvalue weighted by atomic mass is 9.92. The molecule has 1 unspecified atom stereocenters. The molecule has 0 saturated heterocycles. The lowest BCUT2D eigenvalue weighted by Gasteiger charge is -2.18. The summed E-state index contributed by atoms with van der Waals surface area (Å²) in [6.45, 7) is 0. The fraction of sp³-hybridized carbons (Fsp3) is 0.0500. The number of hydrogen-bond donors (Lipinski definition) is 1. The largest absolute Gasteiger partial charge is 0.508 e. The van der Waals surface area contributed by atoms with Gasteiger partial charge in [0.1, 0.15) is 5.75 Å². The normalized spacial score (nSPS) is 16.4. The maximum absolute atomic E-state index is 13.1. The van der Waals surface area contributed by atoms with Crippen LogP contribution in [0.4, 0.5) is 11.4 Å². The van der Waals surface area contributed by atoms with E-state index < -0.39 is 0 Å². The molecule has 0 aromatic heterocycles. The van der Waals surface area contributed by atoms with Gasteiger partial charge in [0.05, 0.1) is 11.6 Å². The molecule has 3 heteroatoms. The number of aromatic hydroxyl groups is 1. The number of anilines is 2. The average Bonchev–Trinajstić information content (AvgIpc) is 2.88. The SMILES string of the molecule is O=C1C(c2ccc(O)cc2)c2ccccc2N1c1ccccc1. The fourth-order valence-corrected chi connectivity index (χ4v) is 3.15. The second kappa shape index (κ2) is 5.29. The minimum absolute atomic E-state index is 0.0306. The van der Waals surface area contributed by atoms with Gasteiger partial charge in [0, 0.05) is 5.69 Å². The fourth-order valence-electron chi connectivity index (χ4n) is 3.15. The van der Waals surface area contributed by atoms with Crippen LogP contribution in [0.1, 0.15) is 17.0 Å². The number of hydrogen-bond acceptors (Lipinski definition) is 2. The Morgan fingerprint density at radius 1 is 0.783 bits per heavy atom. The number of benzene rings is 3. The highest BCUT2D eigenvalue weighted by molar-refractivity contribution is 6.11. The van der Waals surface area contributed by atoms with E-state index in [4.69, 9.17) is 0 Å². The third-order valence-corrected chi connectivity index (χ3v) is 4.20. The Bertz CT molecular complexity index is 856. The van der Waals surface area contributed by atoms with Crippen LogP contribution in [0.15, 0.2) is 78.9 Å². The zero-order valence-electron chi connectivity index (χ0n) is 12.4. The second-order valence-corrected chi connectivity index (χ2v) is 5.59. The topological polar surface area (TPSA) is 40.5 Å². The number of carbonyl (C=O) groups is 1. The Balaban J connectivity index is 1.87. The van der Waals surface area contributed by atoms with Crippen molar-refractivity contribution in [2.24, 2.45) is 0 Å². The van der Waals surface area contributed by atoms with E-state index in [2.05, 4.69) is 0 Å². The first-order chi connectivity index (χ1) is 11.3. The maximum Gasteiger partial charge on any atom is 0.243 e. The molecule has 1 aliphatic heterocycles. The number of phenolic OH excluding ortho intramolecular Hbond substituents is 1. The van der Waals surface area contributed by atoms with Crippen LogP contribution in [0, 0.1) is 0 Å². The molecular weight excluding hydrogens is 286 g/mol. The van der Waals surface area contributed by atoms with Crippen LogP contribution in [0.2, 0.25) is 0 Å². The second-order valence-electron chi connectivity index (χ2n) is 5.59. The van der Waals surface area contributed by atoms with E-state index in [0.29, 0.717) is 0 Å². The molecule has 0 aliphatic carbocycles. The van der Waals surface area contributed by atoms with Gasteiger partial charge in [-0.15, -0.1) is 0 Å². The summed E-state index contributed by atoms with van der Waals surface area (Å²) in [6.07, 6.45) is 0. The summed E-state index contributed by atoms with van der Waals surface area (Å²) >= 11 is 0. The molecule has 0 fully saturated rings. The number of para-hydroxylation sites is 2. The third kappa shape index (κ3) is 2.18. The molecule has 112 valence electrons. The van der Waals surface area contributed by atoms with Gasteiger partial charge in [0.15, 0.2) is 0 Å². The molecule has 3 nitrogen and oxygen atoms in total. The standard InChI is InChI=1S/C20H15NO2/c22-16-12-10-14(11-13-16)19-17-8-4-5-9-18(17)21(20(19)23)15-6-2-1-3-7-15/h1-13,19,22H. The Hall–Kier alpha value is -3.07. The molecule has 1 aliphatic rings. The maximum atomic E-state index is 13.1. The molecule has 0 saturated carbocycles. The molecule has 1 amide bonds. The third-order valence-electron chi connectivity index (χ3n) is 4.20. The quantitative estimate of drug-likeness (QED) is 0.770. The van der Waals surface area contributed by atoms with Crippen molar-refractivity contribution < 1.29 is 9.90 Å². The minimum Gasteiger partial charge on any atom is -0.508 e. The summed E-state index contributed by atoms with van der Waals surface area (Å²) in [5.41, 5.74) is 3.67. The number of phenols is 1. The van der Waals surface area contributed by atoms with Crippen LogP contribution in [0.3, 0.4) is 0 Å². The highest BCUT2D eigenvalue weighted by Crippen LogP contribution is 2.44. The zero-order valence-corrected chi connectivity index (χ0v) is 12.4. The minimum atomic E-state index is -0.341.